The number of rotatable bonds is 3. The summed E-state index contributed by atoms with van der Waals surface area (Å²) in [5.74, 6) is 0.254. The first-order valence-electron chi connectivity index (χ1n) is 7.13. The van der Waals surface area contributed by atoms with Crippen molar-refractivity contribution >= 4 is 32.9 Å². The summed E-state index contributed by atoms with van der Waals surface area (Å²) < 4.78 is 39.3. The standard InChI is InChI=1S/C13H13BrF3N7/c14-9-7-6(5-18)20-12(21-11(7)23-22-9)24-3-1-13(19,2-4-24)8(15)10(16)17/h8,10H,1-4,19H2,(H,20,21,22,23). The summed E-state index contributed by atoms with van der Waals surface area (Å²) >= 11 is 3.21. The Labute approximate surface area is 143 Å². The predicted molar refractivity (Wildman–Crippen MR) is 83.4 cm³/mol. The number of H-pyrrole nitrogens is 1. The molecule has 2 aromatic heterocycles. The number of nitrogens with one attached hydrogen (secondary N) is 1. The Morgan fingerprint density at radius 3 is 2.54 bits per heavy atom. The molecule has 1 unspecified atom stereocenters. The smallest absolute Gasteiger partial charge is 0.271 e. The number of nitrogens with zero attached hydrogens (tertiary/aromatic N) is 5. The van der Waals surface area contributed by atoms with Crippen LogP contribution in [0, 0.1) is 11.3 Å². The number of halogens is 4. The quantitative estimate of drug-likeness (QED) is 0.809. The van der Waals surface area contributed by atoms with Crippen molar-refractivity contribution in [3.8, 4) is 6.07 Å². The topological polar surface area (TPSA) is 108 Å². The van der Waals surface area contributed by atoms with Gasteiger partial charge in [0.25, 0.3) is 6.43 Å². The molecular weight excluding hydrogens is 391 g/mol. The van der Waals surface area contributed by atoms with Crippen molar-refractivity contribution in [3.63, 3.8) is 0 Å². The van der Waals surface area contributed by atoms with Crippen molar-refractivity contribution in [3.05, 3.63) is 10.3 Å². The number of piperidine rings is 1. The number of aromatic amines is 1. The normalized spacial score (nSPS) is 18.8. The van der Waals surface area contributed by atoms with E-state index in [1.54, 1.807) is 4.90 Å². The minimum absolute atomic E-state index is 0.0362. The van der Waals surface area contributed by atoms with E-state index in [4.69, 9.17) is 5.73 Å². The molecule has 3 N–H and O–H groups in total. The maximum Gasteiger partial charge on any atom is 0.271 e. The van der Waals surface area contributed by atoms with E-state index in [0.717, 1.165) is 0 Å². The average Bonchev–Trinajstić information content (AvgIpc) is 2.95. The van der Waals surface area contributed by atoms with Gasteiger partial charge in [-0.25, -0.2) is 18.2 Å². The molecule has 0 aromatic carbocycles. The summed E-state index contributed by atoms with van der Waals surface area (Å²) in [6, 6.07) is 1.97. The zero-order chi connectivity index (χ0) is 17.5. The van der Waals surface area contributed by atoms with Crippen molar-refractivity contribution in [1.82, 2.24) is 20.2 Å². The van der Waals surface area contributed by atoms with E-state index >= 15 is 0 Å². The van der Waals surface area contributed by atoms with Crippen LogP contribution in [0.5, 0.6) is 0 Å². The summed E-state index contributed by atoms with van der Waals surface area (Å²) in [4.78, 5) is 10.2. The molecule has 0 spiro atoms. The van der Waals surface area contributed by atoms with Gasteiger partial charge in [-0.15, -0.1) is 0 Å². The van der Waals surface area contributed by atoms with Crippen LogP contribution in [0.2, 0.25) is 0 Å². The number of hydrogen-bond acceptors (Lipinski definition) is 6. The van der Waals surface area contributed by atoms with Crippen molar-refractivity contribution in [2.45, 2.75) is 31.0 Å². The van der Waals surface area contributed by atoms with Gasteiger partial charge in [0.05, 0.1) is 10.9 Å². The highest BCUT2D eigenvalue weighted by Gasteiger charge is 2.43. The van der Waals surface area contributed by atoms with E-state index in [1.165, 1.54) is 0 Å². The third-order valence-corrected chi connectivity index (χ3v) is 4.79. The number of aromatic nitrogens is 4. The zero-order valence-electron chi connectivity index (χ0n) is 12.3. The second-order valence-electron chi connectivity index (χ2n) is 5.68. The second-order valence-corrected chi connectivity index (χ2v) is 6.43. The van der Waals surface area contributed by atoms with Crippen LogP contribution in [-0.4, -0.2) is 51.4 Å². The molecule has 24 heavy (non-hydrogen) atoms. The van der Waals surface area contributed by atoms with Crippen molar-refractivity contribution in [1.29, 1.82) is 5.26 Å². The van der Waals surface area contributed by atoms with Crippen molar-refractivity contribution < 1.29 is 13.2 Å². The highest BCUT2D eigenvalue weighted by molar-refractivity contribution is 9.10. The third kappa shape index (κ3) is 2.80. The van der Waals surface area contributed by atoms with Gasteiger partial charge in [0.2, 0.25) is 5.95 Å². The first-order valence-corrected chi connectivity index (χ1v) is 7.93. The molecule has 1 fully saturated rings. The number of hydrogen-bond donors (Lipinski definition) is 2. The van der Waals surface area contributed by atoms with Crippen LogP contribution in [-0.2, 0) is 0 Å². The van der Waals surface area contributed by atoms with Crippen molar-refractivity contribution in [2.75, 3.05) is 18.0 Å². The van der Waals surface area contributed by atoms with Gasteiger partial charge >= 0.3 is 0 Å². The van der Waals surface area contributed by atoms with Crippen LogP contribution < -0.4 is 10.6 Å². The Morgan fingerprint density at radius 2 is 1.96 bits per heavy atom. The van der Waals surface area contributed by atoms with E-state index in [0.29, 0.717) is 15.6 Å². The van der Waals surface area contributed by atoms with Gasteiger partial charge in [0.15, 0.2) is 17.5 Å². The largest absolute Gasteiger partial charge is 0.341 e. The highest BCUT2D eigenvalue weighted by atomic mass is 79.9. The lowest BCUT2D eigenvalue weighted by Crippen LogP contribution is -2.58. The van der Waals surface area contributed by atoms with Crippen molar-refractivity contribution in [2.24, 2.45) is 5.73 Å². The fourth-order valence-electron chi connectivity index (χ4n) is 2.76. The number of nitrogens with two attached hydrogens (primary N) is 1. The number of fused-ring (bicyclic) bond motifs is 1. The zero-order valence-corrected chi connectivity index (χ0v) is 13.9. The van der Waals surface area contributed by atoms with Crippen LogP contribution in [0.4, 0.5) is 19.1 Å². The summed E-state index contributed by atoms with van der Waals surface area (Å²) in [5, 5.41) is 16.3. The maximum atomic E-state index is 13.7. The Morgan fingerprint density at radius 1 is 1.29 bits per heavy atom. The van der Waals surface area contributed by atoms with E-state index in [9.17, 15) is 18.4 Å². The van der Waals surface area contributed by atoms with Gasteiger partial charge in [-0.05, 0) is 28.8 Å². The SMILES string of the molecule is N#Cc1nc(N2CCC(N)(C(F)C(F)F)CC2)nc2[nH]nc(Br)c12. The second kappa shape index (κ2) is 6.18. The molecule has 7 nitrogen and oxygen atoms in total. The van der Waals surface area contributed by atoms with E-state index < -0.39 is 18.1 Å². The highest BCUT2D eigenvalue weighted by Crippen LogP contribution is 2.31. The molecule has 3 heterocycles. The molecule has 11 heteroatoms. The number of alkyl halides is 3. The lowest BCUT2D eigenvalue weighted by molar-refractivity contribution is -0.00378. The summed E-state index contributed by atoms with van der Waals surface area (Å²) in [7, 11) is 0. The van der Waals surface area contributed by atoms with Gasteiger partial charge in [0, 0.05) is 13.1 Å². The monoisotopic (exact) mass is 403 g/mol. The van der Waals surface area contributed by atoms with Gasteiger partial charge < -0.3 is 10.6 Å². The molecule has 1 aliphatic rings. The molecule has 0 aliphatic carbocycles. The first-order chi connectivity index (χ1) is 11.4. The minimum Gasteiger partial charge on any atom is -0.341 e. The van der Waals surface area contributed by atoms with Crippen LogP contribution in [0.1, 0.15) is 18.5 Å². The number of anilines is 1. The lowest BCUT2D eigenvalue weighted by atomic mass is 9.84. The molecule has 3 rings (SSSR count). The molecule has 0 amide bonds. The molecule has 1 saturated heterocycles. The van der Waals surface area contributed by atoms with E-state index in [-0.39, 0.29) is 37.6 Å². The fourth-order valence-corrected chi connectivity index (χ4v) is 3.22. The maximum absolute atomic E-state index is 13.7. The van der Waals surface area contributed by atoms with Gasteiger partial charge in [0.1, 0.15) is 10.7 Å². The fraction of sp³-hybridized carbons (Fsp3) is 0.538. The molecule has 2 aromatic rings. The third-order valence-electron chi connectivity index (χ3n) is 4.22. The van der Waals surface area contributed by atoms with Crippen LogP contribution in [0.15, 0.2) is 4.60 Å². The summed E-state index contributed by atoms with van der Waals surface area (Å²) in [6.45, 7) is 0.435. The Hall–Kier alpha value is -1.93. The van der Waals surface area contributed by atoms with Gasteiger partial charge in [-0.3, -0.25) is 5.10 Å². The van der Waals surface area contributed by atoms with Gasteiger partial charge in [-0.1, -0.05) is 0 Å². The Kier molecular flexibility index (Phi) is 4.35. The summed E-state index contributed by atoms with van der Waals surface area (Å²) in [5.41, 5.74) is 4.74. The predicted octanol–water partition coefficient (Wildman–Crippen LogP) is 1.89. The average molecular weight is 404 g/mol. The lowest BCUT2D eigenvalue weighted by Gasteiger charge is -2.40. The van der Waals surface area contributed by atoms with Crippen LogP contribution in [0.25, 0.3) is 11.0 Å². The Balaban J connectivity index is 1.85. The van der Waals surface area contributed by atoms with Crippen LogP contribution in [0.3, 0.4) is 0 Å². The molecule has 128 valence electrons. The molecule has 0 radical (unpaired) electrons. The molecule has 1 atom stereocenters. The molecular formula is C13H13BrF3N7. The van der Waals surface area contributed by atoms with Crippen LogP contribution >= 0.6 is 15.9 Å². The molecule has 1 aliphatic heterocycles. The number of nitriles is 1. The summed E-state index contributed by atoms with van der Waals surface area (Å²) in [6.07, 6.45) is -5.41. The molecule has 0 bridgehead atoms. The van der Waals surface area contributed by atoms with Gasteiger partial charge in [-0.2, -0.15) is 15.3 Å². The Bertz CT molecular complexity index is 795. The first kappa shape index (κ1) is 16.9. The van der Waals surface area contributed by atoms with E-state index in [1.807, 2.05) is 6.07 Å². The van der Waals surface area contributed by atoms with E-state index in [2.05, 4.69) is 36.1 Å². The minimum atomic E-state index is -3.11. The molecule has 0 saturated carbocycles.